The van der Waals surface area contributed by atoms with Crippen molar-refractivity contribution in [2.75, 3.05) is 64.9 Å². The zero-order chi connectivity index (χ0) is 89.4. The predicted octanol–water partition coefficient (Wildman–Crippen LogP) is 18.1. The minimum absolute atomic E-state index is 0.0402. The molecule has 11 N–H and O–H groups in total. The summed E-state index contributed by atoms with van der Waals surface area (Å²) < 4.78 is 17.0. The molecule has 2 saturated heterocycles. The highest BCUT2D eigenvalue weighted by molar-refractivity contribution is 7.09. The third-order valence-corrected chi connectivity index (χ3v) is 25.2. The lowest BCUT2D eigenvalue weighted by Crippen LogP contribution is -2.46. The third kappa shape index (κ3) is 19.5. The minimum atomic E-state index is -0.686. The van der Waals surface area contributed by atoms with Crippen molar-refractivity contribution in [1.29, 1.82) is 0 Å². The van der Waals surface area contributed by atoms with Gasteiger partial charge in [-0.15, -0.1) is 11.3 Å². The molecule has 16 aromatic rings. The van der Waals surface area contributed by atoms with Crippen LogP contribution in [0.5, 0.6) is 11.5 Å². The first-order valence-corrected chi connectivity index (χ1v) is 43.7. The third-order valence-electron chi connectivity index (χ3n) is 24.5. The zero-order valence-electron chi connectivity index (χ0n) is 71.4. The molecule has 2 aliphatic heterocycles. The number of carbonyl (C=O) groups is 4. The van der Waals surface area contributed by atoms with E-state index in [4.69, 9.17) is 31.4 Å². The van der Waals surface area contributed by atoms with E-state index in [0.29, 0.717) is 80.8 Å². The summed E-state index contributed by atoms with van der Waals surface area (Å²) in [7, 11) is 0. The summed E-state index contributed by atoms with van der Waals surface area (Å²) in [6.45, 7) is 6.05. The lowest BCUT2D eigenvalue weighted by Gasteiger charge is -2.41. The second kappa shape index (κ2) is 39.1. The first-order chi connectivity index (χ1) is 63.4. The largest absolute Gasteiger partial charge is 0.456 e. The van der Waals surface area contributed by atoms with E-state index in [1.54, 1.807) is 98.0 Å². The molecule has 20 rings (SSSR count). The number of para-hydroxylation sites is 1. The number of hydrogen-bond donors (Lipinski definition) is 8. The topological polar surface area (TPSA) is 406 Å². The van der Waals surface area contributed by atoms with Crippen LogP contribution in [0.1, 0.15) is 97.0 Å². The molecule has 0 unspecified atom stereocenters. The maximum atomic E-state index is 13.7. The van der Waals surface area contributed by atoms with Crippen molar-refractivity contribution in [3.63, 3.8) is 0 Å². The van der Waals surface area contributed by atoms with Crippen LogP contribution in [-0.2, 0) is 50.3 Å². The summed E-state index contributed by atoms with van der Waals surface area (Å²) in [5, 5.41) is 15.2. The number of hydrogen-bond acceptors (Lipinski definition) is 24. The van der Waals surface area contributed by atoms with E-state index < -0.39 is 21.7 Å². The number of carbonyl (C=O) groups excluding carboxylic acids is 4. The highest BCUT2D eigenvalue weighted by Crippen LogP contribution is 2.48. The predicted molar refractivity (Wildman–Crippen MR) is 503 cm³/mol. The number of nitrogen functional groups attached to an aromatic ring is 3. The molecule has 29 heteroatoms. The Morgan fingerprint density at radius 2 is 0.815 bits per heavy atom. The van der Waals surface area contributed by atoms with Gasteiger partial charge in [0.25, 0.3) is 0 Å². The number of nitrogens with zero attached hydrogens (tertiary/aromatic N) is 13. The van der Waals surface area contributed by atoms with Gasteiger partial charge in [-0.3, -0.25) is 29.1 Å². The Balaban J connectivity index is 0.000000122. The van der Waals surface area contributed by atoms with E-state index in [1.165, 1.54) is 0 Å². The number of fused-ring (bicyclic) bond motifs is 1. The number of amides is 4. The molecule has 4 amide bonds. The van der Waals surface area contributed by atoms with Crippen LogP contribution < -0.4 is 43.2 Å². The number of aromatic nitrogens is 14. The number of rotatable bonds is 20. The normalized spacial score (nSPS) is 14.8. The molecule has 0 bridgehead atoms. The average molecular weight is 1750 g/mol. The molecule has 6 aromatic carbocycles. The highest BCUT2D eigenvalue weighted by Gasteiger charge is 2.48. The molecular formula is C101H93N21O7S. The molecular weight excluding hydrogens is 1650 g/mol. The number of nitrogens with two attached hydrogens (primary N) is 3. The summed E-state index contributed by atoms with van der Waals surface area (Å²) in [5.74, 6) is 3.01. The van der Waals surface area contributed by atoms with Crippen LogP contribution in [0.15, 0.2) is 292 Å². The van der Waals surface area contributed by atoms with Gasteiger partial charge in [-0.2, -0.15) is 0 Å². The molecule has 4 aliphatic rings. The fraction of sp³-hybridized carbons (Fsp3) is 0.198. The van der Waals surface area contributed by atoms with E-state index in [0.717, 1.165) is 155 Å². The van der Waals surface area contributed by atoms with Crippen molar-refractivity contribution in [1.82, 2.24) is 69.8 Å². The Morgan fingerprint density at radius 1 is 0.377 bits per heavy atom. The van der Waals surface area contributed by atoms with E-state index >= 15 is 0 Å². The van der Waals surface area contributed by atoms with Gasteiger partial charge >= 0.3 is 0 Å². The van der Waals surface area contributed by atoms with Crippen LogP contribution in [0.25, 0.3) is 78.2 Å². The Morgan fingerprint density at radius 3 is 1.25 bits per heavy atom. The smallest absolute Gasteiger partial charge is 0.236 e. The van der Waals surface area contributed by atoms with Gasteiger partial charge in [0.05, 0.1) is 68.0 Å². The van der Waals surface area contributed by atoms with Gasteiger partial charge in [0.1, 0.15) is 23.1 Å². The summed E-state index contributed by atoms with van der Waals surface area (Å²) >= 11 is 1.60. The number of aromatic amines is 1. The molecule has 130 heavy (non-hydrogen) atoms. The number of anilines is 7. The summed E-state index contributed by atoms with van der Waals surface area (Å²) in [4.78, 5) is 112. The van der Waals surface area contributed by atoms with Gasteiger partial charge in [-0.1, -0.05) is 158 Å². The quantitative estimate of drug-likeness (QED) is 0.0351. The first-order valence-electron chi connectivity index (χ1n) is 42.8. The zero-order valence-corrected chi connectivity index (χ0v) is 72.2. The maximum absolute atomic E-state index is 13.7. The molecule has 12 heterocycles. The summed E-state index contributed by atoms with van der Waals surface area (Å²) in [6, 6.07) is 66.7. The molecule has 2 saturated carbocycles. The molecule has 0 atom stereocenters. The molecule has 10 aromatic heterocycles. The number of aryl methyl sites for hydroxylation is 2. The summed E-state index contributed by atoms with van der Waals surface area (Å²) in [6.07, 6.45) is 30.0. The number of pyridine rings is 5. The average Bonchev–Trinajstić information content (AvgIpc) is 0.804. The molecule has 4 fully saturated rings. The van der Waals surface area contributed by atoms with Crippen molar-refractivity contribution in [2.45, 2.75) is 99.7 Å². The lowest BCUT2D eigenvalue weighted by molar-refractivity contribution is -0.125. The van der Waals surface area contributed by atoms with Crippen LogP contribution in [0.3, 0.4) is 0 Å². The Labute approximate surface area is 754 Å². The lowest BCUT2D eigenvalue weighted by atomic mass is 9.63. The van der Waals surface area contributed by atoms with Gasteiger partial charge < -0.3 is 57.7 Å². The van der Waals surface area contributed by atoms with E-state index in [1.807, 2.05) is 220 Å². The highest BCUT2D eigenvalue weighted by atomic mass is 32.1. The fourth-order valence-corrected chi connectivity index (χ4v) is 17.2. The number of thiazole rings is 1. The van der Waals surface area contributed by atoms with Crippen LogP contribution in [0.4, 0.5) is 40.9 Å². The fourth-order valence-electron chi connectivity index (χ4n) is 16.5. The van der Waals surface area contributed by atoms with E-state index in [-0.39, 0.29) is 41.5 Å². The second-order valence-electron chi connectivity index (χ2n) is 32.3. The summed E-state index contributed by atoms with van der Waals surface area (Å²) in [5.41, 5.74) is 33.7. The Bertz CT molecular complexity index is 6570. The van der Waals surface area contributed by atoms with Crippen LogP contribution in [0.2, 0.25) is 0 Å². The van der Waals surface area contributed by atoms with Crippen molar-refractivity contribution in [3.05, 3.63) is 325 Å². The molecule has 28 nitrogen and oxygen atoms in total. The van der Waals surface area contributed by atoms with Gasteiger partial charge in [-0.25, -0.2) is 54.8 Å². The van der Waals surface area contributed by atoms with Crippen LogP contribution >= 0.6 is 11.3 Å². The van der Waals surface area contributed by atoms with Crippen molar-refractivity contribution in [2.24, 2.45) is 0 Å². The second-order valence-corrected chi connectivity index (χ2v) is 33.4. The number of H-pyrrole nitrogens is 1. The van der Waals surface area contributed by atoms with Gasteiger partial charge in [0, 0.05) is 133 Å². The van der Waals surface area contributed by atoms with Crippen LogP contribution in [-0.4, -0.2) is 120 Å². The number of benzene rings is 6. The van der Waals surface area contributed by atoms with Crippen LogP contribution in [0, 0.1) is 13.8 Å². The first kappa shape index (κ1) is 86.5. The minimum Gasteiger partial charge on any atom is -0.456 e. The maximum Gasteiger partial charge on any atom is 0.236 e. The number of nitrogens with one attached hydrogen (secondary N) is 5. The van der Waals surface area contributed by atoms with E-state index in [2.05, 4.69) is 91.0 Å². The molecule has 0 spiro atoms. The van der Waals surface area contributed by atoms with Gasteiger partial charge in [0.2, 0.25) is 41.5 Å². The van der Waals surface area contributed by atoms with Crippen molar-refractivity contribution >= 4 is 87.0 Å². The van der Waals surface area contributed by atoms with Crippen molar-refractivity contribution in [3.8, 4) is 78.5 Å². The van der Waals surface area contributed by atoms with Crippen molar-refractivity contribution < 1.29 is 33.4 Å². The van der Waals surface area contributed by atoms with Gasteiger partial charge in [0.15, 0.2) is 5.65 Å². The monoisotopic (exact) mass is 1740 g/mol. The van der Waals surface area contributed by atoms with E-state index in [9.17, 15) is 19.2 Å². The Kier molecular flexibility index (Phi) is 26.0. The van der Waals surface area contributed by atoms with Gasteiger partial charge in [-0.05, 0) is 176 Å². The molecule has 2 aliphatic carbocycles. The standard InChI is InChI=1S/C27H24N6O2S.C27H25N5O2.C26H23N5O2.C21H21N5O/c1-17-32-23(15-36-17)19-4-7-24(28-13-19)33-26(34)27(8-10-35-11-9-27)21-5-2-18(3-6-21)20-12-22-25(29-14-20)31-16-30-22;28-26-30-16-21(17-31-26)19-6-8-22(9-7-19)27(12-14-34-15-13-27)25(33)32-23-10-11-24(29-18-23)20-4-2-1-3-5-20;27-25-29-15-19(16-30-25)18-7-9-20(10-8-18)26(13-4-14-26)24(32)31-23-12-11-22(17-28-23)33-21-5-2-1-3-6-21;1-14-11-23-10-7-18(14)26-19(27)21(8-2-9-21)17-5-3-15(4-6-17)16-12-24-20(22)25-13-16/h2-7,12-16H,8-11H2,1H3,(H,28,33,34)(H,29,30,31);1-11,16-18H,12-15H2,(H,32,33)(H2,28,30,31);1-3,5-12,15-17H,4,13-14H2,(H2,27,29,30)(H,28,31,32);3-7,10-13H,2,8-9H2,1H3,(H2,22,24,25)(H,23,26,27). The Hall–Kier alpha value is -15.6. The number of imidazole rings is 1. The molecule has 0 radical (unpaired) electrons. The number of ether oxygens (including phenoxy) is 3. The SMILES string of the molecule is Cc1cnccc1NC(=O)C1(c2ccc(-c3cnc(N)nc3)cc2)CCC1.Cc1nc(-c2ccc(NC(=O)C3(c4ccc(-c5cnc6nc[nH]c6c5)cc4)CCOCC3)nc2)cs1.Nc1ncc(-c2ccc(C3(C(=O)Nc4ccc(-c5ccccc5)nc4)CCOCC3)cc2)cn1.Nc1ncc(-c2ccc(C3(C(=O)Nc4ccc(Oc5ccccc5)cn4)CCC3)cc2)cn1. The molecule has 650 valence electrons.